The lowest BCUT2D eigenvalue weighted by Crippen LogP contribution is -2.48. The lowest BCUT2D eigenvalue weighted by atomic mass is 10.2. The van der Waals surface area contributed by atoms with Gasteiger partial charge in [0.15, 0.2) is 0 Å². The zero-order chi connectivity index (χ0) is 11.5. The lowest BCUT2D eigenvalue weighted by molar-refractivity contribution is -0.0803. The monoisotopic (exact) mass is 305 g/mol. The molecule has 0 aliphatic carbocycles. The number of morpholine rings is 1. The largest absolute Gasteiger partial charge is 0.394 e. The van der Waals surface area contributed by atoms with E-state index in [1.165, 1.54) is 9.35 Å². The SMILES string of the molecule is CC1COC(CO)CN1Cc1sccc1Br. The van der Waals surface area contributed by atoms with Gasteiger partial charge in [0.2, 0.25) is 0 Å². The summed E-state index contributed by atoms with van der Waals surface area (Å²) in [6, 6.07) is 2.49. The standard InChI is InChI=1S/C11H16BrNO2S/c1-8-7-15-9(6-14)4-13(8)5-11-10(12)2-3-16-11/h2-3,8-9,14H,4-7H2,1H3. The first-order valence-electron chi connectivity index (χ1n) is 5.39. The summed E-state index contributed by atoms with van der Waals surface area (Å²) in [6.07, 6.45) is -0.0325. The van der Waals surface area contributed by atoms with Crippen LogP contribution in [0.1, 0.15) is 11.8 Å². The summed E-state index contributed by atoms with van der Waals surface area (Å²) >= 11 is 5.31. The van der Waals surface area contributed by atoms with Gasteiger partial charge in [-0.1, -0.05) is 0 Å². The third-order valence-corrected chi connectivity index (χ3v) is 4.79. The average Bonchev–Trinajstić information content (AvgIpc) is 2.68. The number of nitrogens with zero attached hydrogens (tertiary/aromatic N) is 1. The van der Waals surface area contributed by atoms with Crippen LogP contribution in [0.4, 0.5) is 0 Å². The molecule has 1 aromatic heterocycles. The number of aliphatic hydroxyl groups excluding tert-OH is 1. The molecule has 90 valence electrons. The molecule has 2 unspecified atom stereocenters. The molecule has 0 amide bonds. The van der Waals surface area contributed by atoms with Crippen molar-refractivity contribution in [3.8, 4) is 0 Å². The van der Waals surface area contributed by atoms with Gasteiger partial charge in [0.05, 0.1) is 19.3 Å². The molecule has 3 nitrogen and oxygen atoms in total. The highest BCUT2D eigenvalue weighted by atomic mass is 79.9. The van der Waals surface area contributed by atoms with Crippen LogP contribution in [0.15, 0.2) is 15.9 Å². The Morgan fingerprint density at radius 2 is 2.50 bits per heavy atom. The second-order valence-electron chi connectivity index (χ2n) is 4.11. The number of ether oxygens (including phenoxy) is 1. The molecule has 1 N–H and O–H groups in total. The summed E-state index contributed by atoms with van der Waals surface area (Å²) in [5, 5.41) is 11.2. The second kappa shape index (κ2) is 5.60. The third kappa shape index (κ3) is 2.84. The lowest BCUT2D eigenvalue weighted by Gasteiger charge is -2.37. The molecular weight excluding hydrogens is 290 g/mol. The maximum Gasteiger partial charge on any atom is 0.0933 e. The van der Waals surface area contributed by atoms with Crippen LogP contribution in [0.25, 0.3) is 0 Å². The van der Waals surface area contributed by atoms with Crippen molar-refractivity contribution in [2.24, 2.45) is 0 Å². The Morgan fingerprint density at radius 3 is 3.12 bits per heavy atom. The molecule has 16 heavy (non-hydrogen) atoms. The molecule has 1 aromatic rings. The average molecular weight is 306 g/mol. The molecule has 5 heteroatoms. The fourth-order valence-electron chi connectivity index (χ4n) is 1.83. The highest BCUT2D eigenvalue weighted by Crippen LogP contribution is 2.26. The van der Waals surface area contributed by atoms with Gasteiger partial charge < -0.3 is 9.84 Å². The highest BCUT2D eigenvalue weighted by Gasteiger charge is 2.26. The van der Waals surface area contributed by atoms with Crippen LogP contribution < -0.4 is 0 Å². The summed E-state index contributed by atoms with van der Waals surface area (Å²) in [4.78, 5) is 3.70. The third-order valence-electron chi connectivity index (χ3n) is 2.88. The first kappa shape index (κ1) is 12.5. The number of thiophene rings is 1. The molecule has 1 fully saturated rings. The van der Waals surface area contributed by atoms with E-state index in [-0.39, 0.29) is 12.7 Å². The Bertz CT molecular complexity index is 344. The van der Waals surface area contributed by atoms with Crippen molar-refractivity contribution < 1.29 is 9.84 Å². The Morgan fingerprint density at radius 1 is 1.69 bits per heavy atom. The summed E-state index contributed by atoms with van der Waals surface area (Å²) in [5.41, 5.74) is 0. The molecule has 1 aliphatic heterocycles. The predicted octanol–water partition coefficient (Wildman–Crippen LogP) is 2.09. The van der Waals surface area contributed by atoms with Crippen LogP contribution in [-0.4, -0.2) is 41.9 Å². The fraction of sp³-hybridized carbons (Fsp3) is 0.636. The van der Waals surface area contributed by atoms with E-state index >= 15 is 0 Å². The van der Waals surface area contributed by atoms with E-state index in [4.69, 9.17) is 9.84 Å². The van der Waals surface area contributed by atoms with Crippen LogP contribution in [0.3, 0.4) is 0 Å². The smallest absolute Gasteiger partial charge is 0.0933 e. The quantitative estimate of drug-likeness (QED) is 0.928. The van der Waals surface area contributed by atoms with Gasteiger partial charge in [0.25, 0.3) is 0 Å². The van der Waals surface area contributed by atoms with Gasteiger partial charge in [-0.15, -0.1) is 11.3 Å². The molecule has 0 bridgehead atoms. The first-order chi connectivity index (χ1) is 7.70. The molecule has 1 saturated heterocycles. The Hall–Kier alpha value is 0.0600. The van der Waals surface area contributed by atoms with Crippen molar-refractivity contribution in [3.05, 3.63) is 20.8 Å². The molecule has 1 aliphatic rings. The van der Waals surface area contributed by atoms with Crippen LogP contribution in [-0.2, 0) is 11.3 Å². The zero-order valence-electron chi connectivity index (χ0n) is 9.23. The summed E-state index contributed by atoms with van der Waals surface area (Å²) in [5.74, 6) is 0. The molecule has 0 spiro atoms. The van der Waals surface area contributed by atoms with Crippen molar-refractivity contribution in [3.63, 3.8) is 0 Å². The van der Waals surface area contributed by atoms with Gasteiger partial charge >= 0.3 is 0 Å². The Kier molecular flexibility index (Phi) is 4.38. The molecule has 0 saturated carbocycles. The molecule has 2 atom stereocenters. The van der Waals surface area contributed by atoms with Gasteiger partial charge in [-0.2, -0.15) is 0 Å². The number of halogens is 1. The number of hydrogen-bond donors (Lipinski definition) is 1. The topological polar surface area (TPSA) is 32.7 Å². The van der Waals surface area contributed by atoms with E-state index < -0.39 is 0 Å². The van der Waals surface area contributed by atoms with Gasteiger partial charge in [0, 0.05) is 28.5 Å². The van der Waals surface area contributed by atoms with Gasteiger partial charge in [0.1, 0.15) is 0 Å². The van der Waals surface area contributed by atoms with Gasteiger partial charge in [-0.3, -0.25) is 4.90 Å². The van der Waals surface area contributed by atoms with Crippen molar-refractivity contribution in [1.29, 1.82) is 0 Å². The fourth-order valence-corrected chi connectivity index (χ4v) is 3.33. The van der Waals surface area contributed by atoms with E-state index in [1.54, 1.807) is 11.3 Å². The van der Waals surface area contributed by atoms with Crippen LogP contribution in [0.5, 0.6) is 0 Å². The first-order valence-corrected chi connectivity index (χ1v) is 7.06. The normalized spacial score (nSPS) is 27.2. The van der Waals surface area contributed by atoms with Crippen molar-refractivity contribution in [1.82, 2.24) is 4.90 Å². The summed E-state index contributed by atoms with van der Waals surface area (Å²) < 4.78 is 6.70. The number of hydrogen-bond acceptors (Lipinski definition) is 4. The van der Waals surface area contributed by atoms with Gasteiger partial charge in [-0.05, 0) is 34.3 Å². The molecule has 2 heterocycles. The van der Waals surface area contributed by atoms with Crippen LogP contribution in [0, 0.1) is 0 Å². The van der Waals surface area contributed by atoms with E-state index in [0.717, 1.165) is 13.1 Å². The minimum absolute atomic E-state index is 0.0325. The summed E-state index contributed by atoms with van der Waals surface area (Å²) in [7, 11) is 0. The van der Waals surface area contributed by atoms with Gasteiger partial charge in [-0.25, -0.2) is 0 Å². The van der Waals surface area contributed by atoms with Crippen molar-refractivity contribution >= 4 is 27.3 Å². The number of aliphatic hydroxyl groups is 1. The minimum Gasteiger partial charge on any atom is -0.394 e. The van der Waals surface area contributed by atoms with Crippen LogP contribution in [0.2, 0.25) is 0 Å². The van der Waals surface area contributed by atoms with E-state index in [1.807, 2.05) is 0 Å². The Labute approximate surface area is 108 Å². The molecule has 0 radical (unpaired) electrons. The van der Waals surface area contributed by atoms with E-state index in [0.29, 0.717) is 12.6 Å². The highest BCUT2D eigenvalue weighted by molar-refractivity contribution is 9.10. The van der Waals surface area contributed by atoms with E-state index in [2.05, 4.69) is 39.2 Å². The van der Waals surface area contributed by atoms with Crippen LogP contribution >= 0.6 is 27.3 Å². The predicted molar refractivity (Wildman–Crippen MR) is 68.7 cm³/mol. The minimum atomic E-state index is -0.0325. The Balaban J connectivity index is 1.99. The molecule has 2 rings (SSSR count). The maximum absolute atomic E-state index is 9.12. The molecular formula is C11H16BrNO2S. The number of rotatable bonds is 3. The van der Waals surface area contributed by atoms with Crippen molar-refractivity contribution in [2.45, 2.75) is 25.6 Å². The molecule has 0 aromatic carbocycles. The maximum atomic E-state index is 9.12. The second-order valence-corrected chi connectivity index (χ2v) is 5.96. The van der Waals surface area contributed by atoms with Crippen molar-refractivity contribution in [2.75, 3.05) is 19.8 Å². The summed E-state index contributed by atoms with van der Waals surface area (Å²) in [6.45, 7) is 4.71. The van der Waals surface area contributed by atoms with E-state index in [9.17, 15) is 0 Å². The zero-order valence-corrected chi connectivity index (χ0v) is 11.6.